The summed E-state index contributed by atoms with van der Waals surface area (Å²) < 4.78 is 39.2. The van der Waals surface area contributed by atoms with Crippen LogP contribution in [0.5, 0.6) is 11.5 Å². The van der Waals surface area contributed by atoms with Gasteiger partial charge in [-0.25, -0.2) is 8.42 Å². The molecule has 180 valence electrons. The van der Waals surface area contributed by atoms with Crippen molar-refractivity contribution < 1.29 is 22.7 Å². The summed E-state index contributed by atoms with van der Waals surface area (Å²) in [6.07, 6.45) is 0.454. The average molecular weight is 483 g/mol. The number of aryl methyl sites for hydroxylation is 2. The first-order chi connectivity index (χ1) is 16.2. The van der Waals surface area contributed by atoms with E-state index < -0.39 is 15.9 Å². The third-order valence-corrected chi connectivity index (χ3v) is 7.25. The van der Waals surface area contributed by atoms with Gasteiger partial charge in [0.2, 0.25) is 15.9 Å². The molecule has 0 radical (unpaired) electrons. The van der Waals surface area contributed by atoms with Crippen LogP contribution in [0.3, 0.4) is 0 Å². The molecular weight excluding hydrogens is 452 g/mol. The number of carbonyl (C=O) groups is 1. The molecule has 0 aliphatic carbocycles. The van der Waals surface area contributed by atoms with Gasteiger partial charge in [0.05, 0.1) is 26.5 Å². The van der Waals surface area contributed by atoms with Crippen LogP contribution >= 0.6 is 0 Å². The van der Waals surface area contributed by atoms with Crippen LogP contribution < -0.4 is 14.8 Å². The highest BCUT2D eigenvalue weighted by molar-refractivity contribution is 7.89. The zero-order valence-corrected chi connectivity index (χ0v) is 20.7. The molecule has 0 fully saturated rings. The number of carbonyl (C=O) groups excluding carboxylic acids is 1. The molecule has 8 heteroatoms. The molecule has 0 bridgehead atoms. The summed E-state index contributed by atoms with van der Waals surface area (Å²) in [5.74, 6) is 0.265. The molecule has 0 atom stereocenters. The highest BCUT2D eigenvalue weighted by atomic mass is 32.2. The molecule has 3 aromatic carbocycles. The van der Waals surface area contributed by atoms with Crippen molar-refractivity contribution in [1.82, 2.24) is 4.31 Å². The van der Waals surface area contributed by atoms with Crippen LogP contribution in [0.1, 0.15) is 16.7 Å². The van der Waals surface area contributed by atoms with Gasteiger partial charge in [-0.05, 0) is 61.2 Å². The third-order valence-electron chi connectivity index (χ3n) is 5.38. The number of nitrogens with one attached hydrogen (secondary N) is 1. The molecule has 3 rings (SSSR count). The molecule has 34 heavy (non-hydrogen) atoms. The Bertz CT molecular complexity index is 1240. The molecule has 0 heterocycles. The zero-order chi connectivity index (χ0) is 24.7. The lowest BCUT2D eigenvalue weighted by Crippen LogP contribution is -2.39. The summed E-state index contributed by atoms with van der Waals surface area (Å²) in [5.41, 5.74) is 3.17. The van der Waals surface area contributed by atoms with E-state index in [1.54, 1.807) is 30.3 Å². The Labute approximate surface area is 201 Å². The number of methoxy groups -OCH3 is 2. The molecule has 0 saturated heterocycles. The van der Waals surface area contributed by atoms with Gasteiger partial charge in [-0.3, -0.25) is 4.79 Å². The molecule has 1 N–H and O–H groups in total. The van der Waals surface area contributed by atoms with E-state index in [1.807, 2.05) is 50.2 Å². The molecule has 0 aliphatic heterocycles. The van der Waals surface area contributed by atoms with E-state index in [0.29, 0.717) is 17.9 Å². The first kappa shape index (κ1) is 25.3. The number of benzene rings is 3. The second kappa shape index (κ2) is 11.2. The minimum absolute atomic E-state index is 0.0315. The standard InChI is InChI=1S/C26H30N2O5S/c1-19-10-12-23(32-3)22(16-19)27-26(29)18-28(15-14-21-8-6-5-7-9-21)34(30,31)25-17-20(2)11-13-24(25)33-4/h5-13,16-17H,14-15,18H2,1-4H3,(H,27,29). The van der Waals surface area contributed by atoms with Crippen molar-refractivity contribution in [2.45, 2.75) is 25.2 Å². The quantitative estimate of drug-likeness (QED) is 0.468. The van der Waals surface area contributed by atoms with Crippen molar-refractivity contribution in [2.75, 3.05) is 32.6 Å². The predicted octanol–water partition coefficient (Wildman–Crippen LogP) is 4.19. The Morgan fingerprint density at radius 2 is 1.50 bits per heavy atom. The van der Waals surface area contributed by atoms with Crippen LogP contribution in [0.15, 0.2) is 71.6 Å². The number of rotatable bonds is 10. The molecular formula is C26H30N2O5S. The van der Waals surface area contributed by atoms with E-state index in [-0.39, 0.29) is 23.7 Å². The summed E-state index contributed by atoms with van der Waals surface area (Å²) in [7, 11) is -1.09. The van der Waals surface area contributed by atoms with E-state index in [1.165, 1.54) is 18.5 Å². The lowest BCUT2D eigenvalue weighted by molar-refractivity contribution is -0.116. The summed E-state index contributed by atoms with van der Waals surface area (Å²) >= 11 is 0. The van der Waals surface area contributed by atoms with E-state index in [9.17, 15) is 13.2 Å². The second-order valence-corrected chi connectivity index (χ2v) is 9.89. The van der Waals surface area contributed by atoms with Crippen LogP contribution in [0, 0.1) is 13.8 Å². The van der Waals surface area contributed by atoms with Crippen LogP contribution in [-0.2, 0) is 21.2 Å². The van der Waals surface area contributed by atoms with Gasteiger partial charge in [-0.2, -0.15) is 4.31 Å². The first-order valence-corrected chi connectivity index (χ1v) is 12.3. The van der Waals surface area contributed by atoms with Crippen LogP contribution in [0.25, 0.3) is 0 Å². The Balaban J connectivity index is 1.91. The predicted molar refractivity (Wildman–Crippen MR) is 133 cm³/mol. The molecule has 1 amide bonds. The molecule has 0 spiro atoms. The lowest BCUT2D eigenvalue weighted by Gasteiger charge is -2.23. The number of hydrogen-bond acceptors (Lipinski definition) is 5. The molecule has 7 nitrogen and oxygen atoms in total. The van der Waals surface area contributed by atoms with Gasteiger partial charge in [-0.1, -0.05) is 42.5 Å². The largest absolute Gasteiger partial charge is 0.495 e. The van der Waals surface area contributed by atoms with Crippen LogP contribution in [0.4, 0.5) is 5.69 Å². The van der Waals surface area contributed by atoms with Crippen molar-refractivity contribution in [3.05, 3.63) is 83.4 Å². The summed E-state index contributed by atoms with van der Waals surface area (Å²) in [6, 6.07) is 19.9. The maximum absolute atomic E-state index is 13.7. The molecule has 0 saturated carbocycles. The maximum Gasteiger partial charge on any atom is 0.247 e. The van der Waals surface area contributed by atoms with Crippen molar-refractivity contribution >= 4 is 21.6 Å². The monoisotopic (exact) mass is 482 g/mol. The third kappa shape index (κ3) is 6.15. The fourth-order valence-electron chi connectivity index (χ4n) is 3.58. The van der Waals surface area contributed by atoms with Crippen molar-refractivity contribution in [2.24, 2.45) is 0 Å². The minimum Gasteiger partial charge on any atom is -0.495 e. The van der Waals surface area contributed by atoms with Gasteiger partial charge >= 0.3 is 0 Å². The maximum atomic E-state index is 13.7. The average Bonchev–Trinajstić information content (AvgIpc) is 2.82. The van der Waals surface area contributed by atoms with Crippen LogP contribution in [0.2, 0.25) is 0 Å². The normalized spacial score (nSPS) is 11.3. The van der Waals surface area contributed by atoms with E-state index in [4.69, 9.17) is 9.47 Å². The van der Waals surface area contributed by atoms with E-state index in [0.717, 1.165) is 16.7 Å². The van der Waals surface area contributed by atoms with Crippen molar-refractivity contribution in [1.29, 1.82) is 0 Å². The van der Waals surface area contributed by atoms with Gasteiger partial charge in [0.25, 0.3) is 0 Å². The Hall–Kier alpha value is -3.36. The number of anilines is 1. The van der Waals surface area contributed by atoms with E-state index in [2.05, 4.69) is 5.32 Å². The Kier molecular flexibility index (Phi) is 8.31. The Morgan fingerprint density at radius 1 is 0.882 bits per heavy atom. The molecule has 0 aliphatic rings. The SMILES string of the molecule is COc1ccc(C)cc1NC(=O)CN(CCc1ccccc1)S(=O)(=O)c1cc(C)ccc1OC. The van der Waals surface area contributed by atoms with Crippen molar-refractivity contribution in [3.63, 3.8) is 0 Å². The number of hydrogen-bond donors (Lipinski definition) is 1. The van der Waals surface area contributed by atoms with Gasteiger partial charge in [0.15, 0.2) is 0 Å². The van der Waals surface area contributed by atoms with Gasteiger partial charge in [0, 0.05) is 6.54 Å². The highest BCUT2D eigenvalue weighted by Crippen LogP contribution is 2.29. The first-order valence-electron chi connectivity index (χ1n) is 10.9. The number of ether oxygens (including phenoxy) is 2. The minimum atomic E-state index is -4.03. The highest BCUT2D eigenvalue weighted by Gasteiger charge is 2.30. The number of sulfonamides is 1. The molecule has 3 aromatic rings. The summed E-state index contributed by atoms with van der Waals surface area (Å²) in [6.45, 7) is 3.48. The van der Waals surface area contributed by atoms with Gasteiger partial charge in [-0.15, -0.1) is 0 Å². The fraction of sp³-hybridized carbons (Fsp3) is 0.269. The lowest BCUT2D eigenvalue weighted by atomic mass is 10.1. The van der Waals surface area contributed by atoms with Crippen molar-refractivity contribution in [3.8, 4) is 11.5 Å². The van der Waals surface area contributed by atoms with Crippen LogP contribution in [-0.4, -0.2) is 45.9 Å². The summed E-state index contributed by atoms with van der Waals surface area (Å²) in [4.78, 5) is 13.0. The topological polar surface area (TPSA) is 84.9 Å². The summed E-state index contributed by atoms with van der Waals surface area (Å²) in [5, 5.41) is 2.79. The molecule has 0 aromatic heterocycles. The zero-order valence-electron chi connectivity index (χ0n) is 19.9. The number of nitrogens with zero attached hydrogens (tertiary/aromatic N) is 1. The van der Waals surface area contributed by atoms with E-state index >= 15 is 0 Å². The number of amides is 1. The molecule has 0 unspecified atom stereocenters. The second-order valence-electron chi connectivity index (χ2n) is 7.98. The van der Waals surface area contributed by atoms with Gasteiger partial charge < -0.3 is 14.8 Å². The van der Waals surface area contributed by atoms with Gasteiger partial charge in [0.1, 0.15) is 16.4 Å². The fourth-order valence-corrected chi connectivity index (χ4v) is 5.21. The Morgan fingerprint density at radius 3 is 2.15 bits per heavy atom. The smallest absolute Gasteiger partial charge is 0.247 e.